The van der Waals surface area contributed by atoms with Crippen molar-refractivity contribution in [1.29, 1.82) is 0 Å². The predicted octanol–water partition coefficient (Wildman–Crippen LogP) is 3.07. The lowest BCUT2D eigenvalue weighted by atomic mass is 10.1. The normalized spacial score (nSPS) is 11.3. The minimum atomic E-state index is -0.277. The maximum absolute atomic E-state index is 12.9. The van der Waals surface area contributed by atoms with Crippen molar-refractivity contribution in [2.24, 2.45) is 0 Å². The Kier molecular flexibility index (Phi) is 4.09. The van der Waals surface area contributed by atoms with Crippen molar-refractivity contribution in [2.45, 2.75) is 20.0 Å². The van der Waals surface area contributed by atoms with Crippen LogP contribution in [0.4, 0.5) is 4.39 Å². The Morgan fingerprint density at radius 1 is 1.21 bits per heavy atom. The van der Waals surface area contributed by atoms with E-state index in [0.29, 0.717) is 11.6 Å². The van der Waals surface area contributed by atoms with Crippen molar-refractivity contribution in [3.8, 4) is 29.0 Å². The lowest BCUT2D eigenvalue weighted by Crippen LogP contribution is -2.09. The SMILES string of the molecule is CC#CC(C)Oc1cc(-c2ccc(F)cc2)ncn1. The molecule has 0 saturated carbocycles. The Morgan fingerprint density at radius 2 is 1.95 bits per heavy atom. The first-order valence-corrected chi connectivity index (χ1v) is 5.86. The maximum Gasteiger partial charge on any atom is 0.218 e. The van der Waals surface area contributed by atoms with E-state index in [1.807, 2.05) is 6.92 Å². The molecule has 4 heteroatoms. The van der Waals surface area contributed by atoms with Crippen LogP contribution in [0.5, 0.6) is 5.88 Å². The van der Waals surface area contributed by atoms with Crippen LogP contribution in [0.1, 0.15) is 13.8 Å². The highest BCUT2D eigenvalue weighted by Crippen LogP contribution is 2.20. The lowest BCUT2D eigenvalue weighted by molar-refractivity contribution is 0.267. The van der Waals surface area contributed by atoms with Gasteiger partial charge >= 0.3 is 0 Å². The molecule has 3 nitrogen and oxygen atoms in total. The smallest absolute Gasteiger partial charge is 0.218 e. The van der Waals surface area contributed by atoms with E-state index in [2.05, 4.69) is 21.8 Å². The summed E-state index contributed by atoms with van der Waals surface area (Å²) in [6.07, 6.45) is 1.18. The molecule has 0 amide bonds. The summed E-state index contributed by atoms with van der Waals surface area (Å²) >= 11 is 0. The highest BCUT2D eigenvalue weighted by atomic mass is 19.1. The zero-order valence-corrected chi connectivity index (χ0v) is 10.7. The number of halogens is 1. The van der Waals surface area contributed by atoms with E-state index in [1.54, 1.807) is 25.1 Å². The van der Waals surface area contributed by atoms with Crippen molar-refractivity contribution in [3.05, 3.63) is 42.5 Å². The van der Waals surface area contributed by atoms with E-state index in [9.17, 15) is 4.39 Å². The van der Waals surface area contributed by atoms with Gasteiger partial charge in [-0.3, -0.25) is 0 Å². The Morgan fingerprint density at radius 3 is 2.63 bits per heavy atom. The Bertz CT molecular complexity index is 614. The van der Waals surface area contributed by atoms with Gasteiger partial charge in [-0.25, -0.2) is 14.4 Å². The van der Waals surface area contributed by atoms with Gasteiger partial charge in [0, 0.05) is 11.6 Å². The molecule has 1 aromatic carbocycles. The van der Waals surface area contributed by atoms with Crippen LogP contribution in [0.25, 0.3) is 11.3 Å². The standard InChI is InChI=1S/C15H13FN2O/c1-3-4-11(2)19-15-9-14(17-10-18-15)12-5-7-13(16)8-6-12/h5-11H,1-2H3. The molecule has 0 saturated heterocycles. The molecule has 0 N–H and O–H groups in total. The Hall–Kier alpha value is -2.41. The first-order chi connectivity index (χ1) is 9.19. The average molecular weight is 256 g/mol. The summed E-state index contributed by atoms with van der Waals surface area (Å²) < 4.78 is 18.4. The van der Waals surface area contributed by atoms with Gasteiger partial charge in [-0.15, -0.1) is 5.92 Å². The van der Waals surface area contributed by atoms with Crippen molar-refractivity contribution >= 4 is 0 Å². The molecule has 0 aliphatic carbocycles. The molecule has 0 fully saturated rings. The second-order valence-electron chi connectivity index (χ2n) is 3.90. The molecule has 1 aromatic heterocycles. The highest BCUT2D eigenvalue weighted by Gasteiger charge is 2.05. The molecular formula is C15H13FN2O. The second-order valence-corrected chi connectivity index (χ2v) is 3.90. The number of nitrogens with zero attached hydrogens (tertiary/aromatic N) is 2. The summed E-state index contributed by atoms with van der Waals surface area (Å²) in [4.78, 5) is 8.17. The molecule has 0 radical (unpaired) electrons. The van der Waals surface area contributed by atoms with Gasteiger partial charge in [0.25, 0.3) is 0 Å². The largest absolute Gasteiger partial charge is 0.461 e. The van der Waals surface area contributed by atoms with Crippen molar-refractivity contribution < 1.29 is 9.13 Å². The number of ether oxygens (including phenoxy) is 1. The van der Waals surface area contributed by atoms with Gasteiger partial charge in [0.05, 0.1) is 5.69 Å². The van der Waals surface area contributed by atoms with Crippen LogP contribution in [0.3, 0.4) is 0 Å². The van der Waals surface area contributed by atoms with E-state index in [1.165, 1.54) is 18.5 Å². The lowest BCUT2D eigenvalue weighted by Gasteiger charge is -2.08. The third-order valence-corrected chi connectivity index (χ3v) is 2.43. The minimum Gasteiger partial charge on any atom is -0.461 e. The van der Waals surface area contributed by atoms with E-state index in [-0.39, 0.29) is 11.9 Å². The summed E-state index contributed by atoms with van der Waals surface area (Å²) in [6, 6.07) is 7.82. The molecule has 96 valence electrons. The fourth-order valence-electron chi connectivity index (χ4n) is 1.60. The summed E-state index contributed by atoms with van der Waals surface area (Å²) in [5, 5.41) is 0. The van der Waals surface area contributed by atoms with Crippen molar-refractivity contribution in [1.82, 2.24) is 9.97 Å². The molecule has 1 atom stereocenters. The highest BCUT2D eigenvalue weighted by molar-refractivity contribution is 5.59. The van der Waals surface area contributed by atoms with Crippen LogP contribution < -0.4 is 4.74 Å². The minimum absolute atomic E-state index is 0.235. The average Bonchev–Trinajstić information content (AvgIpc) is 2.40. The fourth-order valence-corrected chi connectivity index (χ4v) is 1.60. The summed E-state index contributed by atoms with van der Waals surface area (Å²) in [5.41, 5.74) is 1.49. The van der Waals surface area contributed by atoms with Gasteiger partial charge in [-0.1, -0.05) is 5.92 Å². The van der Waals surface area contributed by atoms with Crippen LogP contribution >= 0.6 is 0 Å². The monoisotopic (exact) mass is 256 g/mol. The molecule has 0 spiro atoms. The van der Waals surface area contributed by atoms with E-state index in [0.717, 1.165) is 5.56 Å². The van der Waals surface area contributed by atoms with Gasteiger partial charge in [-0.05, 0) is 38.1 Å². The van der Waals surface area contributed by atoms with Gasteiger partial charge < -0.3 is 4.74 Å². The molecule has 0 aliphatic rings. The number of hydrogen-bond donors (Lipinski definition) is 0. The van der Waals surface area contributed by atoms with Gasteiger partial charge in [0.1, 0.15) is 12.1 Å². The first kappa shape index (κ1) is 13.0. The van der Waals surface area contributed by atoms with Crippen molar-refractivity contribution in [3.63, 3.8) is 0 Å². The van der Waals surface area contributed by atoms with E-state index < -0.39 is 0 Å². The molecule has 2 aromatic rings. The van der Waals surface area contributed by atoms with Crippen LogP contribution in [0.15, 0.2) is 36.7 Å². The van der Waals surface area contributed by atoms with Crippen LogP contribution in [0.2, 0.25) is 0 Å². The summed E-state index contributed by atoms with van der Waals surface area (Å²) in [5.74, 6) is 5.83. The molecule has 0 bridgehead atoms. The van der Waals surface area contributed by atoms with Gasteiger partial charge in [0.2, 0.25) is 5.88 Å². The fraction of sp³-hybridized carbons (Fsp3) is 0.200. The molecule has 1 unspecified atom stereocenters. The summed E-state index contributed by atoms with van der Waals surface area (Å²) in [7, 11) is 0. The third-order valence-electron chi connectivity index (χ3n) is 2.43. The molecule has 1 heterocycles. The number of hydrogen-bond acceptors (Lipinski definition) is 3. The van der Waals surface area contributed by atoms with E-state index >= 15 is 0 Å². The first-order valence-electron chi connectivity index (χ1n) is 5.86. The molecule has 19 heavy (non-hydrogen) atoms. The van der Waals surface area contributed by atoms with Crippen LogP contribution in [-0.4, -0.2) is 16.1 Å². The zero-order valence-electron chi connectivity index (χ0n) is 10.7. The van der Waals surface area contributed by atoms with Crippen molar-refractivity contribution in [2.75, 3.05) is 0 Å². The number of rotatable bonds is 3. The Balaban J connectivity index is 2.23. The van der Waals surface area contributed by atoms with Gasteiger partial charge in [0.15, 0.2) is 6.10 Å². The van der Waals surface area contributed by atoms with Crippen LogP contribution in [-0.2, 0) is 0 Å². The molecular weight excluding hydrogens is 243 g/mol. The number of aromatic nitrogens is 2. The second kappa shape index (κ2) is 5.96. The van der Waals surface area contributed by atoms with Crippen LogP contribution in [0, 0.1) is 17.7 Å². The topological polar surface area (TPSA) is 35.0 Å². The third kappa shape index (κ3) is 3.52. The molecule has 0 aliphatic heterocycles. The zero-order chi connectivity index (χ0) is 13.7. The quantitative estimate of drug-likeness (QED) is 0.792. The maximum atomic E-state index is 12.9. The Labute approximate surface area is 111 Å². The predicted molar refractivity (Wildman–Crippen MR) is 71.0 cm³/mol. The van der Waals surface area contributed by atoms with E-state index in [4.69, 9.17) is 4.74 Å². The summed E-state index contributed by atoms with van der Waals surface area (Å²) in [6.45, 7) is 3.60. The van der Waals surface area contributed by atoms with Gasteiger partial charge in [-0.2, -0.15) is 0 Å². The number of benzene rings is 1. The molecule has 2 rings (SSSR count).